The second-order valence-electron chi connectivity index (χ2n) is 7.73. The van der Waals surface area contributed by atoms with E-state index < -0.39 is 0 Å². The monoisotopic (exact) mass is 300 g/mol. The number of nitrogens with one attached hydrogen (secondary N) is 2. The van der Waals surface area contributed by atoms with E-state index in [2.05, 4.69) is 48.7 Å². The number of piperidine rings is 1. The number of carbonyl (C=O) groups excluding carboxylic acids is 1. The van der Waals surface area contributed by atoms with Crippen LogP contribution in [0.3, 0.4) is 0 Å². The summed E-state index contributed by atoms with van der Waals surface area (Å²) in [5, 5.41) is 6.70. The molecule has 3 heteroatoms. The molecule has 120 valence electrons. The van der Waals surface area contributed by atoms with E-state index in [0.717, 1.165) is 45.2 Å². The van der Waals surface area contributed by atoms with E-state index in [-0.39, 0.29) is 17.4 Å². The van der Waals surface area contributed by atoms with Crippen molar-refractivity contribution < 1.29 is 4.79 Å². The van der Waals surface area contributed by atoms with E-state index in [1.54, 1.807) is 0 Å². The minimum Gasteiger partial charge on any atom is -0.351 e. The van der Waals surface area contributed by atoms with Crippen molar-refractivity contribution in [3.05, 3.63) is 35.9 Å². The summed E-state index contributed by atoms with van der Waals surface area (Å²) in [4.78, 5) is 12.6. The lowest BCUT2D eigenvalue weighted by atomic mass is 9.90. The first-order valence-corrected chi connectivity index (χ1v) is 8.58. The molecule has 2 N–H and O–H groups in total. The van der Waals surface area contributed by atoms with E-state index in [0.29, 0.717) is 5.41 Å². The van der Waals surface area contributed by atoms with Crippen LogP contribution < -0.4 is 10.6 Å². The molecule has 1 saturated heterocycles. The summed E-state index contributed by atoms with van der Waals surface area (Å²) in [7, 11) is 0. The maximum atomic E-state index is 12.6. The quantitative estimate of drug-likeness (QED) is 0.878. The van der Waals surface area contributed by atoms with Crippen LogP contribution in [-0.2, 0) is 11.2 Å². The van der Waals surface area contributed by atoms with Crippen molar-refractivity contribution in [2.75, 3.05) is 13.1 Å². The molecule has 1 saturated carbocycles. The molecule has 1 spiro atoms. The average molecular weight is 300 g/mol. The van der Waals surface area contributed by atoms with Crippen molar-refractivity contribution in [2.45, 2.75) is 51.5 Å². The van der Waals surface area contributed by atoms with Gasteiger partial charge in [0.25, 0.3) is 0 Å². The van der Waals surface area contributed by atoms with Crippen molar-refractivity contribution in [3.63, 3.8) is 0 Å². The Labute approximate surface area is 133 Å². The lowest BCUT2D eigenvalue weighted by Crippen LogP contribution is -2.45. The molecule has 0 aromatic heterocycles. The van der Waals surface area contributed by atoms with E-state index in [1.807, 2.05) is 6.07 Å². The molecule has 0 bridgehead atoms. The second kappa shape index (κ2) is 6.04. The van der Waals surface area contributed by atoms with Crippen LogP contribution in [0.2, 0.25) is 0 Å². The van der Waals surface area contributed by atoms with Gasteiger partial charge in [-0.25, -0.2) is 0 Å². The molecule has 0 radical (unpaired) electrons. The van der Waals surface area contributed by atoms with Crippen LogP contribution in [0.1, 0.15) is 45.1 Å². The summed E-state index contributed by atoms with van der Waals surface area (Å²) in [6.07, 6.45) is 5.40. The number of hydrogen-bond donors (Lipinski definition) is 2. The molecule has 1 aromatic carbocycles. The molecule has 3 rings (SSSR count). The largest absolute Gasteiger partial charge is 0.351 e. The lowest BCUT2D eigenvalue weighted by Gasteiger charge is -2.28. The molecule has 1 heterocycles. The zero-order valence-corrected chi connectivity index (χ0v) is 13.8. The highest BCUT2D eigenvalue weighted by Gasteiger charge is 2.57. The molecule has 2 fully saturated rings. The minimum absolute atomic E-state index is 0.135. The highest BCUT2D eigenvalue weighted by molar-refractivity contribution is 5.83. The van der Waals surface area contributed by atoms with Crippen LogP contribution >= 0.6 is 0 Å². The summed E-state index contributed by atoms with van der Waals surface area (Å²) >= 11 is 0. The Balaban J connectivity index is 1.50. The van der Waals surface area contributed by atoms with E-state index in [4.69, 9.17) is 0 Å². The van der Waals surface area contributed by atoms with Gasteiger partial charge >= 0.3 is 0 Å². The van der Waals surface area contributed by atoms with Crippen molar-refractivity contribution in [3.8, 4) is 0 Å². The first-order chi connectivity index (χ1) is 10.5. The zero-order valence-electron chi connectivity index (χ0n) is 13.8. The molecule has 3 nitrogen and oxygen atoms in total. The highest BCUT2D eigenvalue weighted by atomic mass is 16.2. The van der Waals surface area contributed by atoms with Crippen LogP contribution in [0.15, 0.2) is 30.3 Å². The summed E-state index contributed by atoms with van der Waals surface area (Å²) < 4.78 is 0. The van der Waals surface area contributed by atoms with Gasteiger partial charge in [0.05, 0.1) is 0 Å². The number of carbonyl (C=O) groups is 1. The summed E-state index contributed by atoms with van der Waals surface area (Å²) in [6.45, 7) is 6.43. The predicted molar refractivity (Wildman–Crippen MR) is 89.6 cm³/mol. The van der Waals surface area contributed by atoms with Gasteiger partial charge in [-0.15, -0.1) is 0 Å². The molecular formula is C19H28N2O. The summed E-state index contributed by atoms with van der Waals surface area (Å²) in [5.41, 5.74) is 1.53. The van der Waals surface area contributed by atoms with Crippen molar-refractivity contribution >= 4 is 5.91 Å². The normalized spacial score (nSPS) is 23.3. The number of aryl methyl sites for hydroxylation is 1. The van der Waals surface area contributed by atoms with E-state index in [1.165, 1.54) is 5.56 Å². The molecule has 1 amide bonds. The second-order valence-corrected chi connectivity index (χ2v) is 7.73. The lowest BCUT2D eigenvalue weighted by molar-refractivity contribution is -0.125. The highest BCUT2D eigenvalue weighted by Crippen LogP contribution is 2.58. The molecule has 1 atom stereocenters. The van der Waals surface area contributed by atoms with Crippen molar-refractivity contribution in [1.82, 2.24) is 10.6 Å². The van der Waals surface area contributed by atoms with Gasteiger partial charge in [-0.3, -0.25) is 4.79 Å². The summed E-state index contributed by atoms with van der Waals surface area (Å²) in [6, 6.07) is 10.5. The van der Waals surface area contributed by atoms with Gasteiger partial charge in [0.15, 0.2) is 0 Å². The van der Waals surface area contributed by atoms with Crippen molar-refractivity contribution in [1.29, 1.82) is 0 Å². The number of amides is 1. The van der Waals surface area contributed by atoms with Crippen LogP contribution in [0.25, 0.3) is 0 Å². The SMILES string of the molecule is CC(C)(CCc1ccccc1)NC(=O)C1CC12CCNCC2. The smallest absolute Gasteiger partial charge is 0.224 e. The van der Waals surface area contributed by atoms with Crippen LogP contribution in [0.5, 0.6) is 0 Å². The third-order valence-corrected chi connectivity index (χ3v) is 5.45. The maximum Gasteiger partial charge on any atom is 0.224 e. The molecule has 2 aliphatic rings. The van der Waals surface area contributed by atoms with Gasteiger partial charge in [-0.1, -0.05) is 30.3 Å². The maximum absolute atomic E-state index is 12.6. The standard InChI is InChI=1S/C19H28N2O/c1-18(2,9-8-15-6-4-3-5-7-15)21-17(22)16-14-19(16)10-12-20-13-11-19/h3-7,16,20H,8-14H2,1-2H3,(H,21,22). The fourth-order valence-electron chi connectivity index (χ4n) is 3.78. The zero-order chi connectivity index (χ0) is 15.6. The molecule has 1 aromatic rings. The van der Waals surface area contributed by atoms with E-state index in [9.17, 15) is 4.79 Å². The van der Waals surface area contributed by atoms with Gasteiger partial charge in [-0.05, 0) is 70.0 Å². The fraction of sp³-hybridized carbons (Fsp3) is 0.632. The average Bonchev–Trinajstić information content (AvgIpc) is 3.20. The predicted octanol–water partition coefficient (Wildman–Crippen LogP) is 2.90. The Morgan fingerprint density at radius 3 is 2.64 bits per heavy atom. The number of hydrogen-bond acceptors (Lipinski definition) is 2. The molecule has 22 heavy (non-hydrogen) atoms. The van der Waals surface area contributed by atoms with Gasteiger partial charge in [-0.2, -0.15) is 0 Å². The number of rotatable bonds is 5. The third-order valence-electron chi connectivity index (χ3n) is 5.45. The van der Waals surface area contributed by atoms with Crippen LogP contribution in [0, 0.1) is 11.3 Å². The Kier molecular flexibility index (Phi) is 4.26. The Bertz CT molecular complexity index is 517. The first kappa shape index (κ1) is 15.5. The van der Waals surface area contributed by atoms with Gasteiger partial charge in [0.2, 0.25) is 5.91 Å². The minimum atomic E-state index is -0.135. The van der Waals surface area contributed by atoms with Crippen LogP contribution in [0.4, 0.5) is 0 Å². The molecule has 1 unspecified atom stereocenters. The van der Waals surface area contributed by atoms with Gasteiger partial charge in [0.1, 0.15) is 0 Å². The Morgan fingerprint density at radius 1 is 1.27 bits per heavy atom. The molecule has 1 aliphatic heterocycles. The Morgan fingerprint density at radius 2 is 1.95 bits per heavy atom. The Hall–Kier alpha value is -1.35. The number of benzene rings is 1. The van der Waals surface area contributed by atoms with Gasteiger partial charge in [0, 0.05) is 11.5 Å². The van der Waals surface area contributed by atoms with Crippen LogP contribution in [-0.4, -0.2) is 24.5 Å². The van der Waals surface area contributed by atoms with Gasteiger partial charge < -0.3 is 10.6 Å². The topological polar surface area (TPSA) is 41.1 Å². The van der Waals surface area contributed by atoms with E-state index >= 15 is 0 Å². The first-order valence-electron chi connectivity index (χ1n) is 8.58. The molecular weight excluding hydrogens is 272 g/mol. The fourth-order valence-corrected chi connectivity index (χ4v) is 3.78. The molecule has 1 aliphatic carbocycles. The third kappa shape index (κ3) is 3.52. The van der Waals surface area contributed by atoms with Crippen molar-refractivity contribution in [2.24, 2.45) is 11.3 Å². The summed E-state index contributed by atoms with van der Waals surface area (Å²) in [5.74, 6) is 0.533.